The molecule has 0 fully saturated rings. The van der Waals surface area contributed by atoms with Crippen LogP contribution in [0.1, 0.15) is 16.3 Å². The van der Waals surface area contributed by atoms with Gasteiger partial charge in [0.1, 0.15) is 5.82 Å². The SMILES string of the molecule is Cc1ccsc1CNn1c(C)n[nH]c1=S. The van der Waals surface area contributed by atoms with Crippen LogP contribution in [0.25, 0.3) is 0 Å². The normalized spacial score (nSPS) is 10.5. The molecule has 0 unspecified atom stereocenters. The Morgan fingerprint density at radius 3 is 2.93 bits per heavy atom. The third-order valence-electron chi connectivity index (χ3n) is 2.21. The Morgan fingerprint density at radius 2 is 2.40 bits per heavy atom. The number of hydrogen-bond donors (Lipinski definition) is 2. The Kier molecular flexibility index (Phi) is 2.88. The van der Waals surface area contributed by atoms with Crippen molar-refractivity contribution in [3.8, 4) is 0 Å². The summed E-state index contributed by atoms with van der Waals surface area (Å²) in [5.41, 5.74) is 4.54. The maximum atomic E-state index is 5.09. The molecule has 0 radical (unpaired) electrons. The van der Waals surface area contributed by atoms with Crippen LogP contribution in [0.3, 0.4) is 0 Å². The fraction of sp³-hybridized carbons (Fsp3) is 0.333. The zero-order valence-corrected chi connectivity index (χ0v) is 10.2. The Labute approximate surface area is 96.9 Å². The van der Waals surface area contributed by atoms with Crippen molar-refractivity contribution in [3.63, 3.8) is 0 Å². The highest BCUT2D eigenvalue weighted by Gasteiger charge is 2.02. The standard InChI is InChI=1S/C9H12N4S2/c1-6-3-4-15-8(6)5-10-13-7(2)11-12-9(13)14/h3-4,10H,5H2,1-2H3,(H,12,14). The lowest BCUT2D eigenvalue weighted by molar-refractivity contribution is 0.797. The number of thiophene rings is 1. The first-order chi connectivity index (χ1) is 7.18. The number of hydrogen-bond acceptors (Lipinski definition) is 4. The Balaban J connectivity index is 2.12. The lowest BCUT2D eigenvalue weighted by atomic mass is 10.3. The van der Waals surface area contributed by atoms with Crippen molar-refractivity contribution in [2.45, 2.75) is 20.4 Å². The molecule has 0 aliphatic rings. The van der Waals surface area contributed by atoms with Crippen molar-refractivity contribution in [1.29, 1.82) is 0 Å². The van der Waals surface area contributed by atoms with Crippen LogP contribution in [-0.2, 0) is 6.54 Å². The summed E-state index contributed by atoms with van der Waals surface area (Å²) in [4.78, 5) is 1.32. The van der Waals surface area contributed by atoms with Crippen LogP contribution < -0.4 is 5.43 Å². The average molecular weight is 240 g/mol. The molecule has 2 heterocycles. The smallest absolute Gasteiger partial charge is 0.214 e. The average Bonchev–Trinajstić information content (AvgIpc) is 2.73. The summed E-state index contributed by atoms with van der Waals surface area (Å²) < 4.78 is 2.39. The molecular formula is C9H12N4S2. The quantitative estimate of drug-likeness (QED) is 0.810. The summed E-state index contributed by atoms with van der Waals surface area (Å²) in [6.07, 6.45) is 0. The number of aromatic amines is 1. The fourth-order valence-electron chi connectivity index (χ4n) is 1.30. The molecule has 15 heavy (non-hydrogen) atoms. The van der Waals surface area contributed by atoms with Crippen molar-refractivity contribution < 1.29 is 0 Å². The van der Waals surface area contributed by atoms with Gasteiger partial charge < -0.3 is 5.43 Å². The van der Waals surface area contributed by atoms with Crippen LogP contribution >= 0.6 is 23.6 Å². The molecule has 0 aliphatic heterocycles. The first kappa shape index (κ1) is 10.4. The van der Waals surface area contributed by atoms with Gasteiger partial charge in [-0.3, -0.25) is 5.10 Å². The highest BCUT2D eigenvalue weighted by molar-refractivity contribution is 7.71. The number of aromatic nitrogens is 3. The van der Waals surface area contributed by atoms with Gasteiger partial charge in [-0.05, 0) is 43.1 Å². The van der Waals surface area contributed by atoms with Crippen LogP contribution in [0.2, 0.25) is 0 Å². The van der Waals surface area contributed by atoms with Crippen LogP contribution in [0, 0.1) is 18.6 Å². The molecule has 0 spiro atoms. The number of aryl methyl sites for hydroxylation is 2. The van der Waals surface area contributed by atoms with Gasteiger partial charge >= 0.3 is 0 Å². The van der Waals surface area contributed by atoms with Gasteiger partial charge in [0, 0.05) is 4.88 Å². The van der Waals surface area contributed by atoms with Gasteiger partial charge in [0.05, 0.1) is 6.54 Å². The first-order valence-corrected chi connectivity index (χ1v) is 5.88. The summed E-state index contributed by atoms with van der Waals surface area (Å²) >= 11 is 6.83. The second-order valence-electron chi connectivity index (χ2n) is 3.27. The molecule has 0 atom stereocenters. The Bertz CT molecular complexity index is 508. The van der Waals surface area contributed by atoms with Crippen molar-refractivity contribution in [1.82, 2.24) is 14.9 Å². The van der Waals surface area contributed by atoms with E-state index in [0.717, 1.165) is 12.4 Å². The lowest BCUT2D eigenvalue weighted by Gasteiger charge is -2.07. The Hall–Kier alpha value is -1.14. The summed E-state index contributed by atoms with van der Waals surface area (Å²) in [6, 6.07) is 2.11. The van der Waals surface area contributed by atoms with Gasteiger partial charge in [-0.1, -0.05) is 0 Å². The molecule has 0 amide bonds. The maximum Gasteiger partial charge on any atom is 0.214 e. The van der Waals surface area contributed by atoms with Crippen LogP contribution in [0.5, 0.6) is 0 Å². The molecule has 0 aromatic carbocycles. The second kappa shape index (κ2) is 4.16. The summed E-state index contributed by atoms with van der Waals surface area (Å²) in [5, 5.41) is 8.85. The minimum absolute atomic E-state index is 0.599. The van der Waals surface area contributed by atoms with E-state index >= 15 is 0 Å². The maximum absolute atomic E-state index is 5.09. The highest BCUT2D eigenvalue weighted by atomic mass is 32.1. The van der Waals surface area contributed by atoms with Crippen molar-refractivity contribution in [2.24, 2.45) is 0 Å². The van der Waals surface area contributed by atoms with Gasteiger partial charge in [-0.15, -0.1) is 11.3 Å². The predicted molar refractivity (Wildman–Crippen MR) is 64.3 cm³/mol. The number of rotatable bonds is 3. The third-order valence-corrected chi connectivity index (χ3v) is 3.50. The van der Waals surface area contributed by atoms with Crippen molar-refractivity contribution in [2.75, 3.05) is 5.43 Å². The first-order valence-electron chi connectivity index (χ1n) is 4.59. The van der Waals surface area contributed by atoms with Crippen LogP contribution in [0.4, 0.5) is 0 Å². The van der Waals surface area contributed by atoms with Crippen molar-refractivity contribution >= 4 is 23.6 Å². The Morgan fingerprint density at radius 1 is 1.60 bits per heavy atom. The van der Waals surface area contributed by atoms with E-state index in [4.69, 9.17) is 12.2 Å². The summed E-state index contributed by atoms with van der Waals surface area (Å²) in [6.45, 7) is 4.79. The molecule has 2 aromatic rings. The molecule has 0 saturated carbocycles. The summed E-state index contributed by atoms with van der Waals surface area (Å²) in [5.74, 6) is 0.842. The minimum atomic E-state index is 0.599. The van der Waals surface area contributed by atoms with E-state index in [-0.39, 0.29) is 0 Å². The van der Waals surface area contributed by atoms with E-state index < -0.39 is 0 Å². The molecular weight excluding hydrogens is 228 g/mol. The van der Waals surface area contributed by atoms with Gasteiger partial charge in [0.15, 0.2) is 0 Å². The number of nitrogens with zero attached hydrogens (tertiary/aromatic N) is 2. The predicted octanol–water partition coefficient (Wildman–Crippen LogP) is 2.36. The molecule has 0 saturated heterocycles. The monoisotopic (exact) mass is 240 g/mol. The molecule has 2 aromatic heterocycles. The van der Waals surface area contributed by atoms with E-state index in [1.54, 1.807) is 16.0 Å². The summed E-state index contributed by atoms with van der Waals surface area (Å²) in [7, 11) is 0. The molecule has 2 rings (SSSR count). The van der Waals surface area contributed by atoms with Gasteiger partial charge in [-0.25, -0.2) is 4.68 Å². The number of nitrogens with one attached hydrogen (secondary N) is 2. The fourth-order valence-corrected chi connectivity index (χ4v) is 2.38. The van der Waals surface area contributed by atoms with Crippen molar-refractivity contribution in [3.05, 3.63) is 32.5 Å². The number of H-pyrrole nitrogens is 1. The minimum Gasteiger partial charge on any atom is -0.317 e. The zero-order chi connectivity index (χ0) is 10.8. The van der Waals surface area contributed by atoms with Crippen LogP contribution in [0.15, 0.2) is 11.4 Å². The molecule has 80 valence electrons. The molecule has 4 nitrogen and oxygen atoms in total. The van der Waals surface area contributed by atoms with Gasteiger partial charge in [0.2, 0.25) is 4.77 Å². The topological polar surface area (TPSA) is 45.6 Å². The molecule has 0 aliphatic carbocycles. The second-order valence-corrected chi connectivity index (χ2v) is 4.66. The van der Waals surface area contributed by atoms with E-state index in [2.05, 4.69) is 34.0 Å². The lowest BCUT2D eigenvalue weighted by Crippen LogP contribution is -2.15. The van der Waals surface area contributed by atoms with E-state index in [1.165, 1.54) is 10.4 Å². The molecule has 2 N–H and O–H groups in total. The highest BCUT2D eigenvalue weighted by Crippen LogP contribution is 2.15. The molecule has 6 heteroatoms. The van der Waals surface area contributed by atoms with E-state index in [0.29, 0.717) is 4.77 Å². The van der Waals surface area contributed by atoms with Gasteiger partial charge in [0.25, 0.3) is 0 Å². The molecule has 0 bridgehead atoms. The largest absolute Gasteiger partial charge is 0.317 e. The van der Waals surface area contributed by atoms with E-state index in [1.807, 2.05) is 6.92 Å². The zero-order valence-electron chi connectivity index (χ0n) is 8.57. The van der Waals surface area contributed by atoms with Gasteiger partial charge in [-0.2, -0.15) is 5.10 Å². The van der Waals surface area contributed by atoms with Crippen LogP contribution in [-0.4, -0.2) is 14.9 Å². The van der Waals surface area contributed by atoms with E-state index in [9.17, 15) is 0 Å². The third kappa shape index (κ3) is 2.10.